The number of carbonyl (C=O) groups excluding carboxylic acids is 2. The van der Waals surface area contributed by atoms with Crippen LogP contribution in [-0.2, 0) is 14.3 Å². The van der Waals surface area contributed by atoms with Crippen molar-refractivity contribution in [1.29, 1.82) is 0 Å². The molecule has 1 heterocycles. The lowest BCUT2D eigenvalue weighted by molar-refractivity contribution is -0.145. The number of nitrogens with zero attached hydrogens (tertiary/aromatic N) is 2. The fourth-order valence-corrected chi connectivity index (χ4v) is 3.34. The molecular formula is C21H18Br2N2O4. The Bertz CT molecular complexity index is 1000. The van der Waals surface area contributed by atoms with Gasteiger partial charge in [-0.2, -0.15) is 10.1 Å². The highest BCUT2D eigenvalue weighted by Gasteiger charge is 2.29. The van der Waals surface area contributed by atoms with E-state index in [1.165, 1.54) is 5.01 Å². The van der Waals surface area contributed by atoms with Crippen LogP contribution in [0.15, 0.2) is 62.1 Å². The van der Waals surface area contributed by atoms with E-state index in [-0.39, 0.29) is 19.1 Å². The Morgan fingerprint density at radius 3 is 2.52 bits per heavy atom. The van der Waals surface area contributed by atoms with Crippen LogP contribution >= 0.6 is 31.9 Å². The second-order valence-corrected chi connectivity index (χ2v) is 7.94. The maximum atomic E-state index is 13.0. The number of esters is 1. The van der Waals surface area contributed by atoms with E-state index in [9.17, 15) is 9.59 Å². The summed E-state index contributed by atoms with van der Waals surface area (Å²) in [7, 11) is 0. The molecular weight excluding hydrogens is 504 g/mol. The summed E-state index contributed by atoms with van der Waals surface area (Å²) in [6, 6.07) is 12.7. The highest BCUT2D eigenvalue weighted by atomic mass is 79.9. The van der Waals surface area contributed by atoms with Crippen LogP contribution in [0.4, 0.5) is 5.69 Å². The molecule has 3 rings (SSSR count). The normalized spacial score (nSPS) is 14.9. The molecule has 2 aromatic rings. The van der Waals surface area contributed by atoms with Gasteiger partial charge in [0, 0.05) is 14.5 Å². The number of hydrazone groups is 1. The zero-order valence-electron chi connectivity index (χ0n) is 15.8. The minimum atomic E-state index is -0.454. The zero-order valence-corrected chi connectivity index (χ0v) is 19.0. The first-order valence-electron chi connectivity index (χ1n) is 8.84. The number of hydrogen-bond donors (Lipinski definition) is 0. The molecule has 1 amide bonds. The van der Waals surface area contributed by atoms with Gasteiger partial charge in [-0.15, -0.1) is 0 Å². The fraction of sp³-hybridized carbons (Fsp3) is 0.190. The van der Waals surface area contributed by atoms with Crippen molar-refractivity contribution < 1.29 is 19.1 Å². The summed E-state index contributed by atoms with van der Waals surface area (Å²) in [5.74, 6) is -0.220. The Balaban J connectivity index is 1.88. The Morgan fingerprint density at radius 2 is 1.83 bits per heavy atom. The van der Waals surface area contributed by atoms with Crippen LogP contribution in [0.2, 0.25) is 0 Å². The van der Waals surface area contributed by atoms with E-state index in [0.717, 1.165) is 8.95 Å². The van der Waals surface area contributed by atoms with E-state index in [2.05, 4.69) is 37.0 Å². The lowest BCUT2D eigenvalue weighted by atomic mass is 10.1. The number of rotatable bonds is 6. The van der Waals surface area contributed by atoms with Crippen molar-refractivity contribution in [2.45, 2.75) is 13.8 Å². The predicted molar refractivity (Wildman–Crippen MR) is 119 cm³/mol. The standard InChI is InChI=1S/C21H18Br2N2O4/c1-3-28-20(26)12-29-19-9-6-16(23)10-14(19)11-18-13(2)24-25(21(18)27)17-7-4-15(22)5-8-17/h4-11H,3,12H2,1-2H3. The SMILES string of the molecule is CCOC(=O)COc1ccc(Br)cc1C=C1C(=O)N(c2ccc(Br)cc2)N=C1C. The van der Waals surface area contributed by atoms with Crippen LogP contribution in [0.25, 0.3) is 6.08 Å². The van der Waals surface area contributed by atoms with E-state index in [4.69, 9.17) is 9.47 Å². The second-order valence-electron chi connectivity index (χ2n) is 6.11. The first kappa shape index (κ1) is 21.3. The van der Waals surface area contributed by atoms with Gasteiger partial charge in [0.15, 0.2) is 6.61 Å². The molecule has 0 spiro atoms. The molecule has 0 unspecified atom stereocenters. The summed E-state index contributed by atoms with van der Waals surface area (Å²) >= 11 is 6.81. The molecule has 150 valence electrons. The first-order chi connectivity index (χ1) is 13.9. The van der Waals surface area contributed by atoms with Gasteiger partial charge < -0.3 is 9.47 Å². The van der Waals surface area contributed by atoms with Gasteiger partial charge >= 0.3 is 5.97 Å². The first-order valence-corrected chi connectivity index (χ1v) is 10.4. The van der Waals surface area contributed by atoms with Crippen molar-refractivity contribution in [3.63, 3.8) is 0 Å². The minimum absolute atomic E-state index is 0.211. The lowest BCUT2D eigenvalue weighted by Crippen LogP contribution is -2.21. The van der Waals surface area contributed by atoms with Crippen LogP contribution in [0, 0.1) is 0 Å². The lowest BCUT2D eigenvalue weighted by Gasteiger charge is -2.12. The van der Waals surface area contributed by atoms with Gasteiger partial charge in [-0.05, 0) is 62.4 Å². The van der Waals surface area contributed by atoms with Gasteiger partial charge in [-0.25, -0.2) is 4.79 Å². The highest BCUT2D eigenvalue weighted by molar-refractivity contribution is 9.10. The number of carbonyl (C=O) groups is 2. The molecule has 0 aliphatic carbocycles. The zero-order chi connectivity index (χ0) is 21.0. The fourth-order valence-electron chi connectivity index (χ4n) is 2.70. The summed E-state index contributed by atoms with van der Waals surface area (Å²) in [6.45, 7) is 3.59. The van der Waals surface area contributed by atoms with Crippen molar-refractivity contribution in [2.75, 3.05) is 18.2 Å². The Labute approximate surface area is 185 Å². The van der Waals surface area contributed by atoms with E-state index >= 15 is 0 Å². The second kappa shape index (κ2) is 9.37. The molecule has 2 aromatic carbocycles. The van der Waals surface area contributed by atoms with Crippen LogP contribution in [0.1, 0.15) is 19.4 Å². The summed E-state index contributed by atoms with van der Waals surface area (Å²) in [5.41, 5.74) is 2.37. The van der Waals surface area contributed by atoms with Gasteiger partial charge in [-0.1, -0.05) is 31.9 Å². The number of hydrogen-bond acceptors (Lipinski definition) is 5. The number of benzene rings is 2. The third-order valence-electron chi connectivity index (χ3n) is 4.06. The molecule has 0 N–H and O–H groups in total. The molecule has 8 heteroatoms. The van der Waals surface area contributed by atoms with Gasteiger partial charge in [0.1, 0.15) is 5.75 Å². The Morgan fingerprint density at radius 1 is 1.14 bits per heavy atom. The van der Waals surface area contributed by atoms with Crippen molar-refractivity contribution in [3.05, 3.63) is 62.5 Å². The van der Waals surface area contributed by atoms with Gasteiger partial charge in [-0.3, -0.25) is 4.79 Å². The molecule has 6 nitrogen and oxygen atoms in total. The summed E-state index contributed by atoms with van der Waals surface area (Å²) < 4.78 is 12.2. The molecule has 0 radical (unpaired) electrons. The summed E-state index contributed by atoms with van der Waals surface area (Å²) in [5, 5.41) is 5.75. The van der Waals surface area contributed by atoms with Gasteiger partial charge in [0.25, 0.3) is 5.91 Å². The molecule has 1 aliphatic rings. The van der Waals surface area contributed by atoms with Crippen LogP contribution in [0.3, 0.4) is 0 Å². The predicted octanol–water partition coefficient (Wildman–Crippen LogP) is 4.96. The molecule has 29 heavy (non-hydrogen) atoms. The number of anilines is 1. The van der Waals surface area contributed by atoms with Crippen molar-refractivity contribution in [2.24, 2.45) is 5.10 Å². The quantitative estimate of drug-likeness (QED) is 0.398. The van der Waals surface area contributed by atoms with Crippen molar-refractivity contribution >= 4 is 61.2 Å². The van der Waals surface area contributed by atoms with E-state index in [1.807, 2.05) is 30.3 Å². The van der Waals surface area contributed by atoms with Crippen LogP contribution in [-0.4, -0.2) is 30.8 Å². The largest absolute Gasteiger partial charge is 0.481 e. The monoisotopic (exact) mass is 520 g/mol. The van der Waals surface area contributed by atoms with Crippen molar-refractivity contribution in [1.82, 2.24) is 0 Å². The topological polar surface area (TPSA) is 68.2 Å². The number of halogens is 2. The number of amides is 1. The minimum Gasteiger partial charge on any atom is -0.481 e. The third-order valence-corrected chi connectivity index (χ3v) is 5.08. The van der Waals surface area contributed by atoms with Crippen LogP contribution in [0.5, 0.6) is 5.75 Å². The molecule has 0 saturated heterocycles. The average Bonchev–Trinajstić information content (AvgIpc) is 2.96. The molecule has 0 fully saturated rings. The summed E-state index contributed by atoms with van der Waals surface area (Å²) in [4.78, 5) is 24.6. The molecule has 0 aromatic heterocycles. The van der Waals surface area contributed by atoms with E-state index in [0.29, 0.717) is 28.3 Å². The van der Waals surface area contributed by atoms with Crippen molar-refractivity contribution in [3.8, 4) is 5.75 Å². The molecule has 0 atom stereocenters. The van der Waals surface area contributed by atoms with Gasteiger partial charge in [0.2, 0.25) is 0 Å². The average molecular weight is 522 g/mol. The molecule has 0 bridgehead atoms. The smallest absolute Gasteiger partial charge is 0.344 e. The van der Waals surface area contributed by atoms with Crippen LogP contribution < -0.4 is 9.75 Å². The van der Waals surface area contributed by atoms with E-state index in [1.54, 1.807) is 32.1 Å². The highest BCUT2D eigenvalue weighted by Crippen LogP contribution is 2.30. The molecule has 0 saturated carbocycles. The van der Waals surface area contributed by atoms with E-state index < -0.39 is 5.97 Å². The summed E-state index contributed by atoms with van der Waals surface area (Å²) in [6.07, 6.45) is 1.71. The van der Waals surface area contributed by atoms with Gasteiger partial charge in [0.05, 0.1) is 23.6 Å². The Kier molecular flexibility index (Phi) is 6.87. The maximum Gasteiger partial charge on any atom is 0.344 e. The third kappa shape index (κ3) is 5.13. The maximum absolute atomic E-state index is 13.0. The molecule has 1 aliphatic heterocycles. The Hall–Kier alpha value is -2.45. The number of ether oxygens (including phenoxy) is 2.